The van der Waals surface area contributed by atoms with Crippen molar-refractivity contribution >= 4 is 23.4 Å². The molecule has 1 N–H and O–H groups in total. The number of amides is 1. The van der Waals surface area contributed by atoms with Crippen LogP contribution in [-0.2, 0) is 31.1 Å². The van der Waals surface area contributed by atoms with E-state index in [1.54, 1.807) is 12.3 Å². The van der Waals surface area contributed by atoms with Crippen molar-refractivity contribution in [1.82, 2.24) is 9.55 Å². The van der Waals surface area contributed by atoms with Crippen LogP contribution < -0.4 is 5.32 Å². The Kier molecular flexibility index (Phi) is 4.99. The Hall–Kier alpha value is -2.60. The second-order valence-electron chi connectivity index (χ2n) is 6.74. The number of carbonyl (C=O) groups excluding carboxylic acids is 1. The third-order valence-corrected chi connectivity index (χ3v) is 5.87. The van der Waals surface area contributed by atoms with Gasteiger partial charge in [-0.25, -0.2) is 9.37 Å². The number of hydrogen-bond donors (Lipinski definition) is 1. The highest BCUT2D eigenvalue weighted by molar-refractivity contribution is 7.99. The van der Waals surface area contributed by atoms with Gasteiger partial charge >= 0.3 is 0 Å². The lowest BCUT2D eigenvalue weighted by molar-refractivity contribution is -0.115. The monoisotopic (exact) mass is 381 g/mol. The average molecular weight is 381 g/mol. The zero-order valence-corrected chi connectivity index (χ0v) is 15.9. The number of nitrogens with one attached hydrogen (secondary N) is 1. The Morgan fingerprint density at radius 3 is 2.89 bits per heavy atom. The summed E-state index contributed by atoms with van der Waals surface area (Å²) in [5.74, 6) is -0.535. The van der Waals surface area contributed by atoms with Gasteiger partial charge in [0.2, 0.25) is 5.91 Å². The predicted molar refractivity (Wildman–Crippen MR) is 105 cm³/mol. The van der Waals surface area contributed by atoms with Gasteiger partial charge in [0.1, 0.15) is 5.82 Å². The molecular weight excluding hydrogens is 361 g/mol. The standard InChI is InChI=1S/C21H20FN3OS/c1-25-10-9-23-21(25)27-19-8-7-17(22)13-18(19)24-20(26)12-14-5-6-15-3-2-4-16(15)11-14/h5-11,13H,2-4,12H2,1H3,(H,24,26). The highest BCUT2D eigenvalue weighted by Gasteiger charge is 2.14. The topological polar surface area (TPSA) is 46.9 Å². The molecule has 0 fully saturated rings. The third kappa shape index (κ3) is 4.06. The van der Waals surface area contributed by atoms with Crippen LogP contribution in [0.3, 0.4) is 0 Å². The molecular formula is C21H20FN3OS. The fraction of sp³-hybridized carbons (Fsp3) is 0.238. The summed E-state index contributed by atoms with van der Waals surface area (Å²) >= 11 is 1.39. The maximum atomic E-state index is 13.8. The van der Waals surface area contributed by atoms with Crippen molar-refractivity contribution in [2.75, 3.05) is 5.32 Å². The normalized spacial score (nSPS) is 12.8. The first-order valence-corrected chi connectivity index (χ1v) is 9.75. The molecule has 0 radical (unpaired) electrons. The fourth-order valence-electron chi connectivity index (χ4n) is 3.35. The SMILES string of the molecule is Cn1ccnc1Sc1ccc(F)cc1NC(=O)Cc1ccc2c(c1)CCC2. The molecule has 0 bridgehead atoms. The van der Waals surface area contributed by atoms with Gasteiger partial charge in [-0.05, 0) is 65.9 Å². The molecule has 0 saturated carbocycles. The first-order chi connectivity index (χ1) is 13.1. The van der Waals surface area contributed by atoms with E-state index in [-0.39, 0.29) is 18.1 Å². The number of fused-ring (bicyclic) bond motifs is 1. The summed E-state index contributed by atoms with van der Waals surface area (Å²) in [6, 6.07) is 10.7. The largest absolute Gasteiger partial charge is 0.329 e. The van der Waals surface area contributed by atoms with Crippen LogP contribution in [0.4, 0.5) is 10.1 Å². The van der Waals surface area contributed by atoms with Gasteiger partial charge in [0, 0.05) is 24.3 Å². The minimum atomic E-state index is -0.382. The summed E-state index contributed by atoms with van der Waals surface area (Å²) in [7, 11) is 1.89. The smallest absolute Gasteiger partial charge is 0.228 e. The lowest BCUT2D eigenvalue weighted by Gasteiger charge is -2.11. The molecule has 4 nitrogen and oxygen atoms in total. The molecule has 3 aromatic rings. The number of nitrogens with zero attached hydrogens (tertiary/aromatic N) is 2. The van der Waals surface area contributed by atoms with E-state index >= 15 is 0 Å². The van der Waals surface area contributed by atoms with Gasteiger partial charge in [-0.1, -0.05) is 18.2 Å². The van der Waals surface area contributed by atoms with Crippen LogP contribution in [0.5, 0.6) is 0 Å². The van der Waals surface area contributed by atoms with E-state index in [0.29, 0.717) is 5.69 Å². The number of halogens is 1. The predicted octanol–water partition coefficient (Wildman–Crippen LogP) is 4.38. The summed E-state index contributed by atoms with van der Waals surface area (Å²) in [5, 5.41) is 3.64. The van der Waals surface area contributed by atoms with E-state index < -0.39 is 0 Å². The number of imidazole rings is 1. The number of hydrogen-bond acceptors (Lipinski definition) is 3. The lowest BCUT2D eigenvalue weighted by Crippen LogP contribution is -2.15. The number of aryl methyl sites for hydroxylation is 3. The van der Waals surface area contributed by atoms with Gasteiger partial charge in [0.15, 0.2) is 5.16 Å². The second kappa shape index (κ2) is 7.56. The summed E-state index contributed by atoms with van der Waals surface area (Å²) in [4.78, 5) is 17.6. The van der Waals surface area contributed by atoms with Gasteiger partial charge in [0.25, 0.3) is 0 Å². The maximum Gasteiger partial charge on any atom is 0.228 e. The van der Waals surface area contributed by atoms with Crippen LogP contribution in [0.15, 0.2) is 58.8 Å². The van der Waals surface area contributed by atoms with E-state index in [0.717, 1.165) is 28.5 Å². The summed E-state index contributed by atoms with van der Waals surface area (Å²) < 4.78 is 15.6. The Morgan fingerprint density at radius 1 is 1.22 bits per heavy atom. The Morgan fingerprint density at radius 2 is 2.07 bits per heavy atom. The molecule has 4 rings (SSSR count). The van der Waals surface area contributed by atoms with Gasteiger partial charge in [-0.3, -0.25) is 4.79 Å². The van der Waals surface area contributed by atoms with E-state index in [9.17, 15) is 9.18 Å². The second-order valence-corrected chi connectivity index (χ2v) is 7.75. The van der Waals surface area contributed by atoms with Crippen molar-refractivity contribution in [3.05, 3.63) is 71.3 Å². The molecule has 1 heterocycles. The van der Waals surface area contributed by atoms with Gasteiger partial charge in [-0.15, -0.1) is 0 Å². The zero-order chi connectivity index (χ0) is 18.8. The lowest BCUT2D eigenvalue weighted by atomic mass is 10.0. The number of rotatable bonds is 5. The molecule has 1 aliphatic rings. The van der Waals surface area contributed by atoms with Gasteiger partial charge in [0.05, 0.1) is 12.1 Å². The average Bonchev–Trinajstić information content (AvgIpc) is 3.26. The van der Waals surface area contributed by atoms with Crippen molar-refractivity contribution < 1.29 is 9.18 Å². The van der Waals surface area contributed by atoms with Crippen LogP contribution in [0, 0.1) is 5.82 Å². The van der Waals surface area contributed by atoms with Crippen LogP contribution in [0.1, 0.15) is 23.1 Å². The maximum absolute atomic E-state index is 13.8. The number of benzene rings is 2. The summed E-state index contributed by atoms with van der Waals surface area (Å²) in [6.07, 6.45) is 7.21. The van der Waals surface area contributed by atoms with Crippen molar-refractivity contribution in [1.29, 1.82) is 0 Å². The zero-order valence-electron chi connectivity index (χ0n) is 15.0. The molecule has 1 aliphatic carbocycles. The highest BCUT2D eigenvalue weighted by atomic mass is 32.2. The van der Waals surface area contributed by atoms with Crippen molar-refractivity contribution in [3.63, 3.8) is 0 Å². The minimum absolute atomic E-state index is 0.153. The summed E-state index contributed by atoms with van der Waals surface area (Å²) in [5.41, 5.74) is 4.19. The first kappa shape index (κ1) is 17.8. The molecule has 27 heavy (non-hydrogen) atoms. The van der Waals surface area contributed by atoms with Crippen LogP contribution in [-0.4, -0.2) is 15.5 Å². The van der Waals surface area contributed by atoms with Gasteiger partial charge in [-0.2, -0.15) is 0 Å². The molecule has 0 saturated heterocycles. The molecule has 6 heteroatoms. The molecule has 0 aliphatic heterocycles. The highest BCUT2D eigenvalue weighted by Crippen LogP contribution is 2.33. The van der Waals surface area contributed by atoms with E-state index in [4.69, 9.17) is 0 Å². The van der Waals surface area contributed by atoms with Crippen LogP contribution in [0.25, 0.3) is 0 Å². The van der Waals surface area contributed by atoms with E-state index in [2.05, 4.69) is 22.4 Å². The first-order valence-electron chi connectivity index (χ1n) is 8.94. The number of carbonyl (C=O) groups is 1. The molecule has 0 atom stereocenters. The Balaban J connectivity index is 1.50. The van der Waals surface area contributed by atoms with E-state index in [1.165, 1.54) is 41.4 Å². The number of anilines is 1. The van der Waals surface area contributed by atoms with Crippen molar-refractivity contribution in [3.8, 4) is 0 Å². The quantitative estimate of drug-likeness (QED) is 0.713. The van der Waals surface area contributed by atoms with Crippen LogP contribution >= 0.6 is 11.8 Å². The van der Waals surface area contributed by atoms with Crippen molar-refractivity contribution in [2.45, 2.75) is 35.7 Å². The summed E-state index contributed by atoms with van der Waals surface area (Å²) in [6.45, 7) is 0. The van der Waals surface area contributed by atoms with Crippen molar-refractivity contribution in [2.24, 2.45) is 7.05 Å². The van der Waals surface area contributed by atoms with E-state index in [1.807, 2.05) is 23.9 Å². The molecule has 1 amide bonds. The third-order valence-electron chi connectivity index (χ3n) is 4.72. The molecule has 0 unspecified atom stereocenters. The fourth-order valence-corrected chi connectivity index (χ4v) is 4.22. The molecule has 1 aromatic heterocycles. The number of aromatic nitrogens is 2. The Labute approximate surface area is 161 Å². The Bertz CT molecular complexity index is 999. The van der Waals surface area contributed by atoms with Crippen LogP contribution in [0.2, 0.25) is 0 Å². The molecule has 2 aromatic carbocycles. The molecule has 0 spiro atoms. The van der Waals surface area contributed by atoms with Gasteiger partial charge < -0.3 is 9.88 Å². The minimum Gasteiger partial charge on any atom is -0.329 e. The molecule has 138 valence electrons.